The van der Waals surface area contributed by atoms with Crippen molar-refractivity contribution in [3.05, 3.63) is 65.3 Å². The van der Waals surface area contributed by atoms with Crippen LogP contribution in [0.3, 0.4) is 0 Å². The van der Waals surface area contributed by atoms with E-state index >= 15 is 0 Å². The third-order valence-electron chi connectivity index (χ3n) is 3.09. The van der Waals surface area contributed by atoms with Gasteiger partial charge in [-0.2, -0.15) is 0 Å². The number of rotatable bonds is 6. The Balaban J connectivity index is -0.000000370. The Hall–Kier alpha value is -3.47. The molecule has 0 aliphatic carbocycles. The molecule has 0 aliphatic rings. The highest BCUT2D eigenvalue weighted by molar-refractivity contribution is 5.85. The summed E-state index contributed by atoms with van der Waals surface area (Å²) >= 11 is 0. The Bertz CT molecular complexity index is 701. The number of aliphatic carboxylic acids is 3. The number of carboxylic acids is 3. The van der Waals surface area contributed by atoms with Gasteiger partial charge in [0.15, 0.2) is 0 Å². The average molecular weight is 442 g/mol. The van der Waals surface area contributed by atoms with Crippen molar-refractivity contribution < 1.29 is 50.1 Å². The van der Waals surface area contributed by atoms with Gasteiger partial charge < -0.3 is 35.7 Å². The summed E-state index contributed by atoms with van der Waals surface area (Å²) in [6.07, 6.45) is 0. The maximum Gasteiger partial charge on any atom is 0.330 e. The van der Waals surface area contributed by atoms with Crippen LogP contribution >= 0.6 is 0 Å². The van der Waals surface area contributed by atoms with E-state index in [0.29, 0.717) is 11.1 Å². The monoisotopic (exact) mass is 442 g/mol. The standard InChI is InChI=1S/C9H12O4.3C4H6O2/c10-3-6-1-2-9(13)8(5-12)7(6)4-11;3*1-3(2)4(5)6/h1-2,10-13H,3-5H2;3*1H2,2H3,(H,5,6). The van der Waals surface area contributed by atoms with Gasteiger partial charge in [0.05, 0.1) is 19.8 Å². The number of carbonyl (C=O) groups is 3. The summed E-state index contributed by atoms with van der Waals surface area (Å²) in [5.74, 6) is -2.87. The second-order valence-corrected chi connectivity index (χ2v) is 5.93. The summed E-state index contributed by atoms with van der Waals surface area (Å²) < 4.78 is 0. The van der Waals surface area contributed by atoms with Gasteiger partial charge >= 0.3 is 17.9 Å². The molecule has 0 spiro atoms. The number of aromatic hydroxyl groups is 1. The Kier molecular flexibility index (Phi) is 18.1. The second kappa shape index (κ2) is 17.4. The third kappa shape index (κ3) is 16.1. The van der Waals surface area contributed by atoms with E-state index < -0.39 is 17.9 Å². The lowest BCUT2D eigenvalue weighted by atomic mass is 10.0. The Labute approximate surface area is 180 Å². The molecule has 1 aromatic carbocycles. The Morgan fingerprint density at radius 3 is 1.16 bits per heavy atom. The first kappa shape index (κ1) is 32.2. The van der Waals surface area contributed by atoms with Crippen molar-refractivity contribution in [3.8, 4) is 5.75 Å². The highest BCUT2D eigenvalue weighted by Gasteiger charge is 2.10. The largest absolute Gasteiger partial charge is 0.508 e. The van der Waals surface area contributed by atoms with Crippen molar-refractivity contribution in [2.24, 2.45) is 0 Å². The zero-order valence-electron chi connectivity index (χ0n) is 17.8. The van der Waals surface area contributed by atoms with Crippen LogP contribution in [0.15, 0.2) is 48.6 Å². The van der Waals surface area contributed by atoms with Gasteiger partial charge in [0, 0.05) is 22.3 Å². The van der Waals surface area contributed by atoms with E-state index in [-0.39, 0.29) is 47.9 Å². The minimum absolute atomic E-state index is 0.0660. The van der Waals surface area contributed by atoms with E-state index in [0.717, 1.165) is 0 Å². The molecule has 174 valence electrons. The smallest absolute Gasteiger partial charge is 0.330 e. The number of hydrogen-bond acceptors (Lipinski definition) is 7. The van der Waals surface area contributed by atoms with E-state index in [1.807, 2.05) is 0 Å². The van der Waals surface area contributed by atoms with Crippen molar-refractivity contribution in [2.45, 2.75) is 40.6 Å². The lowest BCUT2D eigenvalue weighted by Crippen LogP contribution is -2.00. The molecule has 0 fully saturated rings. The highest BCUT2D eigenvalue weighted by atomic mass is 16.4. The van der Waals surface area contributed by atoms with Gasteiger partial charge in [-0.1, -0.05) is 25.8 Å². The van der Waals surface area contributed by atoms with E-state index in [1.165, 1.54) is 32.9 Å². The van der Waals surface area contributed by atoms with Crippen molar-refractivity contribution >= 4 is 17.9 Å². The van der Waals surface area contributed by atoms with Crippen LogP contribution in [0.25, 0.3) is 0 Å². The molecule has 1 aromatic rings. The van der Waals surface area contributed by atoms with Gasteiger partial charge in [0.1, 0.15) is 5.75 Å². The van der Waals surface area contributed by atoms with E-state index in [1.54, 1.807) is 0 Å². The summed E-state index contributed by atoms with van der Waals surface area (Å²) in [5.41, 5.74) is 1.71. The maximum atomic E-state index is 9.60. The molecular formula is C21H30O10. The van der Waals surface area contributed by atoms with Crippen LogP contribution in [-0.2, 0) is 34.2 Å². The lowest BCUT2D eigenvalue weighted by Gasteiger charge is -2.11. The topological polar surface area (TPSA) is 193 Å². The summed E-state index contributed by atoms with van der Waals surface area (Å²) in [5, 5.41) is 59.7. The molecule has 10 nitrogen and oxygen atoms in total. The van der Waals surface area contributed by atoms with Crippen LogP contribution in [0.5, 0.6) is 5.75 Å². The van der Waals surface area contributed by atoms with Crippen LogP contribution in [0.2, 0.25) is 0 Å². The zero-order valence-corrected chi connectivity index (χ0v) is 17.8. The molecule has 0 saturated heterocycles. The van der Waals surface area contributed by atoms with Crippen LogP contribution in [0.1, 0.15) is 37.5 Å². The van der Waals surface area contributed by atoms with Crippen LogP contribution in [0.4, 0.5) is 0 Å². The predicted molar refractivity (Wildman–Crippen MR) is 113 cm³/mol. The van der Waals surface area contributed by atoms with Crippen LogP contribution < -0.4 is 0 Å². The number of aliphatic hydroxyl groups is 3. The summed E-state index contributed by atoms with van der Waals surface area (Å²) in [7, 11) is 0. The van der Waals surface area contributed by atoms with Gasteiger partial charge in [-0.05, 0) is 38.0 Å². The third-order valence-corrected chi connectivity index (χ3v) is 3.09. The molecule has 0 atom stereocenters. The van der Waals surface area contributed by atoms with Crippen LogP contribution in [0, 0.1) is 0 Å². The molecule has 0 aromatic heterocycles. The van der Waals surface area contributed by atoms with Gasteiger partial charge in [0.25, 0.3) is 0 Å². The molecule has 0 radical (unpaired) electrons. The number of aliphatic hydroxyl groups excluding tert-OH is 3. The molecule has 10 heteroatoms. The first-order valence-electron chi connectivity index (χ1n) is 8.49. The molecular weight excluding hydrogens is 412 g/mol. The number of benzene rings is 1. The molecule has 0 bridgehead atoms. The molecule has 0 unspecified atom stereocenters. The summed E-state index contributed by atoms with van der Waals surface area (Å²) in [4.78, 5) is 28.8. The fourth-order valence-corrected chi connectivity index (χ4v) is 1.25. The van der Waals surface area contributed by atoms with E-state index in [4.69, 9.17) is 30.6 Å². The number of phenols is 1. The molecule has 0 saturated carbocycles. The van der Waals surface area contributed by atoms with Crippen molar-refractivity contribution in [3.63, 3.8) is 0 Å². The molecule has 0 aliphatic heterocycles. The molecule has 0 heterocycles. The molecule has 1 rings (SSSR count). The predicted octanol–water partition coefficient (Wildman–Crippen LogP) is 1.81. The minimum Gasteiger partial charge on any atom is -0.508 e. The van der Waals surface area contributed by atoms with E-state index in [9.17, 15) is 19.5 Å². The average Bonchev–Trinajstić information content (AvgIpc) is 2.68. The molecule has 0 amide bonds. The van der Waals surface area contributed by atoms with Crippen molar-refractivity contribution in [2.75, 3.05) is 0 Å². The lowest BCUT2D eigenvalue weighted by molar-refractivity contribution is -0.133. The summed E-state index contributed by atoms with van der Waals surface area (Å²) in [6.45, 7) is 12.9. The zero-order chi connectivity index (χ0) is 25.3. The fraction of sp³-hybridized carbons (Fsp3) is 0.286. The molecule has 7 N–H and O–H groups in total. The second-order valence-electron chi connectivity index (χ2n) is 5.93. The normalized spacial score (nSPS) is 8.71. The van der Waals surface area contributed by atoms with Crippen molar-refractivity contribution in [1.82, 2.24) is 0 Å². The van der Waals surface area contributed by atoms with E-state index in [2.05, 4.69) is 19.7 Å². The Morgan fingerprint density at radius 1 is 0.677 bits per heavy atom. The van der Waals surface area contributed by atoms with Crippen LogP contribution in [-0.4, -0.2) is 53.7 Å². The Morgan fingerprint density at radius 2 is 0.968 bits per heavy atom. The highest BCUT2D eigenvalue weighted by Crippen LogP contribution is 2.24. The number of carboxylic acid groups (broad SMARTS) is 3. The van der Waals surface area contributed by atoms with Gasteiger partial charge in [-0.3, -0.25) is 0 Å². The minimum atomic E-state index is -0.935. The first-order valence-corrected chi connectivity index (χ1v) is 8.49. The number of hydrogen-bond donors (Lipinski definition) is 7. The first-order chi connectivity index (χ1) is 14.2. The maximum absolute atomic E-state index is 9.60. The van der Waals surface area contributed by atoms with Gasteiger partial charge in [-0.15, -0.1) is 0 Å². The molecule has 31 heavy (non-hydrogen) atoms. The van der Waals surface area contributed by atoms with Gasteiger partial charge in [0.2, 0.25) is 0 Å². The van der Waals surface area contributed by atoms with Gasteiger partial charge in [-0.25, -0.2) is 14.4 Å². The quantitative estimate of drug-likeness (QED) is 0.319. The van der Waals surface area contributed by atoms with Crippen molar-refractivity contribution in [1.29, 1.82) is 0 Å². The summed E-state index contributed by atoms with van der Waals surface area (Å²) in [6, 6.07) is 2.90. The fourth-order valence-electron chi connectivity index (χ4n) is 1.25. The SMILES string of the molecule is C=C(C)C(=O)O.C=C(C)C(=O)O.C=C(C)C(=O)O.OCc1ccc(O)c(CO)c1CO.